The molecule has 4 rings (SSSR count). The van der Waals surface area contributed by atoms with E-state index >= 15 is 0 Å². The molecule has 2 N–H and O–H groups in total. The second kappa shape index (κ2) is 7.21. The van der Waals surface area contributed by atoms with Crippen LogP contribution in [-0.2, 0) is 4.79 Å². The highest BCUT2D eigenvalue weighted by atomic mass is 32.1. The number of fused-ring (bicyclic) bond motifs is 2. The Morgan fingerprint density at radius 1 is 1.15 bits per heavy atom. The van der Waals surface area contributed by atoms with Crippen molar-refractivity contribution in [3.8, 4) is 10.4 Å². The lowest BCUT2D eigenvalue weighted by molar-refractivity contribution is -0.114. The molecule has 2 amide bonds. The number of hydrogen-bond acceptors (Lipinski definition) is 4. The van der Waals surface area contributed by atoms with E-state index in [2.05, 4.69) is 15.5 Å². The van der Waals surface area contributed by atoms with E-state index in [9.17, 15) is 9.59 Å². The van der Waals surface area contributed by atoms with Crippen molar-refractivity contribution in [2.24, 2.45) is 5.92 Å². The minimum Gasteiger partial charge on any atom is -0.347 e. The van der Waals surface area contributed by atoms with E-state index in [0.717, 1.165) is 35.0 Å². The summed E-state index contributed by atoms with van der Waals surface area (Å²) in [4.78, 5) is 28.2. The van der Waals surface area contributed by atoms with Gasteiger partial charge in [0.15, 0.2) is 0 Å². The van der Waals surface area contributed by atoms with Crippen LogP contribution < -0.4 is 10.6 Å². The molecule has 2 aliphatic heterocycles. The molecule has 136 valence electrons. The molecule has 0 aliphatic carbocycles. The lowest BCUT2D eigenvalue weighted by Gasteiger charge is -2.30. The molecule has 2 saturated heterocycles. The Bertz CT molecular complexity index is 820. The molecule has 0 spiro atoms. The number of carbonyl (C=O) groups excluding carboxylic acids is 2. The lowest BCUT2D eigenvalue weighted by atomic mass is 9.97. The fourth-order valence-electron chi connectivity index (χ4n) is 4.02. The van der Waals surface area contributed by atoms with Gasteiger partial charge >= 0.3 is 0 Å². The Balaban J connectivity index is 1.48. The van der Waals surface area contributed by atoms with Crippen LogP contribution in [0.5, 0.6) is 0 Å². The highest BCUT2D eigenvalue weighted by Gasteiger charge is 2.33. The van der Waals surface area contributed by atoms with Gasteiger partial charge in [0, 0.05) is 42.2 Å². The summed E-state index contributed by atoms with van der Waals surface area (Å²) in [5.41, 5.74) is 1.71. The van der Waals surface area contributed by atoms with E-state index < -0.39 is 0 Å². The number of para-hydroxylation sites is 1. The van der Waals surface area contributed by atoms with Gasteiger partial charge in [0.1, 0.15) is 0 Å². The molecule has 5 nitrogen and oxygen atoms in total. The van der Waals surface area contributed by atoms with Crippen LogP contribution in [0.1, 0.15) is 29.4 Å². The highest BCUT2D eigenvalue weighted by molar-refractivity contribution is 7.17. The first kappa shape index (κ1) is 17.2. The van der Waals surface area contributed by atoms with Crippen molar-refractivity contribution in [3.05, 3.63) is 41.3 Å². The first-order valence-electron chi connectivity index (χ1n) is 9.08. The zero-order chi connectivity index (χ0) is 18.1. The molecule has 2 aliphatic rings. The van der Waals surface area contributed by atoms with Crippen LogP contribution >= 0.6 is 11.3 Å². The van der Waals surface area contributed by atoms with Crippen LogP contribution in [0.4, 0.5) is 5.69 Å². The molecule has 3 heterocycles. The average molecular weight is 369 g/mol. The number of hydrogen-bond donors (Lipinski definition) is 2. The molecule has 1 aromatic heterocycles. The standard InChI is InChI=1S/C20H23N3O2S/c1-13(24)21-17-5-3-2-4-16(17)18-6-7-19(26-18)20(25)22-15-10-14-8-9-23(11-14)12-15/h2-7,14-15H,8-12H2,1H3,(H,21,24)(H,22,25)/t14-,15+/m1/s1. The highest BCUT2D eigenvalue weighted by Crippen LogP contribution is 2.34. The van der Waals surface area contributed by atoms with Gasteiger partial charge in [-0.1, -0.05) is 18.2 Å². The van der Waals surface area contributed by atoms with Crippen molar-refractivity contribution in [1.29, 1.82) is 0 Å². The molecule has 3 atom stereocenters. The second-order valence-electron chi connectivity index (χ2n) is 7.21. The van der Waals surface area contributed by atoms with E-state index in [1.54, 1.807) is 0 Å². The molecular weight excluding hydrogens is 346 g/mol. The largest absolute Gasteiger partial charge is 0.347 e. The summed E-state index contributed by atoms with van der Waals surface area (Å²) in [5, 5.41) is 6.06. The first-order chi connectivity index (χ1) is 12.6. The topological polar surface area (TPSA) is 61.4 Å². The molecule has 26 heavy (non-hydrogen) atoms. The summed E-state index contributed by atoms with van der Waals surface area (Å²) < 4.78 is 0. The van der Waals surface area contributed by atoms with Crippen molar-refractivity contribution in [2.75, 3.05) is 25.0 Å². The molecule has 0 radical (unpaired) electrons. The zero-order valence-electron chi connectivity index (χ0n) is 14.8. The van der Waals surface area contributed by atoms with Gasteiger partial charge in [-0.15, -0.1) is 11.3 Å². The second-order valence-corrected chi connectivity index (χ2v) is 8.29. The predicted octanol–water partition coefficient (Wildman–Crippen LogP) is 3.20. The van der Waals surface area contributed by atoms with Gasteiger partial charge in [-0.2, -0.15) is 0 Å². The van der Waals surface area contributed by atoms with E-state index in [0.29, 0.717) is 4.88 Å². The number of thiophene rings is 1. The van der Waals surface area contributed by atoms with Crippen LogP contribution in [-0.4, -0.2) is 42.4 Å². The third-order valence-electron chi connectivity index (χ3n) is 5.13. The number of benzene rings is 1. The van der Waals surface area contributed by atoms with Gasteiger partial charge in [-0.05, 0) is 43.5 Å². The monoisotopic (exact) mass is 369 g/mol. The maximum absolute atomic E-state index is 12.7. The number of rotatable bonds is 4. The van der Waals surface area contributed by atoms with Crippen LogP contribution in [0.15, 0.2) is 36.4 Å². The summed E-state index contributed by atoms with van der Waals surface area (Å²) >= 11 is 1.46. The van der Waals surface area contributed by atoms with E-state index in [1.807, 2.05) is 36.4 Å². The molecule has 2 aromatic rings. The smallest absolute Gasteiger partial charge is 0.261 e. The number of anilines is 1. The molecule has 1 aromatic carbocycles. The van der Waals surface area contributed by atoms with Crippen LogP contribution in [0.2, 0.25) is 0 Å². The van der Waals surface area contributed by atoms with Crippen LogP contribution in [0.3, 0.4) is 0 Å². The van der Waals surface area contributed by atoms with Crippen molar-refractivity contribution in [3.63, 3.8) is 0 Å². The number of piperidine rings is 1. The SMILES string of the molecule is CC(=O)Nc1ccccc1-c1ccc(C(=O)N[C@H]2C[C@H]3CCN(C3)C2)s1. The van der Waals surface area contributed by atoms with E-state index in [1.165, 1.54) is 37.8 Å². The number of nitrogens with one attached hydrogen (secondary N) is 2. The minimum atomic E-state index is -0.103. The van der Waals surface area contributed by atoms with Crippen molar-refractivity contribution in [2.45, 2.75) is 25.8 Å². The Morgan fingerprint density at radius 3 is 2.81 bits per heavy atom. The average Bonchev–Trinajstić information content (AvgIpc) is 3.22. The fourth-order valence-corrected chi connectivity index (χ4v) is 4.97. The zero-order valence-corrected chi connectivity index (χ0v) is 15.6. The normalized spacial score (nSPS) is 24.3. The summed E-state index contributed by atoms with van der Waals surface area (Å²) in [6.07, 6.45) is 2.35. The predicted molar refractivity (Wildman–Crippen MR) is 104 cm³/mol. The van der Waals surface area contributed by atoms with Crippen LogP contribution in [0.25, 0.3) is 10.4 Å². The summed E-state index contributed by atoms with van der Waals surface area (Å²) in [7, 11) is 0. The lowest BCUT2D eigenvalue weighted by Crippen LogP contribution is -2.46. The Hall–Kier alpha value is -2.18. The van der Waals surface area contributed by atoms with Gasteiger partial charge in [0.25, 0.3) is 5.91 Å². The molecule has 0 saturated carbocycles. The van der Waals surface area contributed by atoms with Crippen molar-refractivity contribution in [1.82, 2.24) is 10.2 Å². The Morgan fingerprint density at radius 2 is 2.00 bits per heavy atom. The number of carbonyl (C=O) groups is 2. The van der Waals surface area contributed by atoms with Gasteiger partial charge < -0.3 is 15.5 Å². The van der Waals surface area contributed by atoms with Gasteiger partial charge in [-0.25, -0.2) is 0 Å². The number of amides is 2. The summed E-state index contributed by atoms with van der Waals surface area (Å²) in [6, 6.07) is 11.7. The molecular formula is C20H23N3O2S. The van der Waals surface area contributed by atoms with Crippen LogP contribution in [0, 0.1) is 5.92 Å². The van der Waals surface area contributed by atoms with Crippen molar-refractivity contribution < 1.29 is 9.59 Å². The Labute approximate surface area is 157 Å². The quantitative estimate of drug-likeness (QED) is 0.870. The van der Waals surface area contributed by atoms with E-state index in [4.69, 9.17) is 0 Å². The Kier molecular flexibility index (Phi) is 4.78. The van der Waals surface area contributed by atoms with Gasteiger partial charge in [0.2, 0.25) is 5.91 Å². The minimum absolute atomic E-state index is 0.00533. The molecule has 2 bridgehead atoms. The molecule has 1 unspecified atom stereocenters. The fraction of sp³-hybridized carbons (Fsp3) is 0.400. The van der Waals surface area contributed by atoms with E-state index in [-0.39, 0.29) is 17.9 Å². The summed E-state index contributed by atoms with van der Waals surface area (Å²) in [5.74, 6) is 0.636. The van der Waals surface area contributed by atoms with Gasteiger partial charge in [-0.3, -0.25) is 9.59 Å². The molecule has 2 fully saturated rings. The third kappa shape index (κ3) is 3.66. The maximum Gasteiger partial charge on any atom is 0.261 e. The maximum atomic E-state index is 12.7. The third-order valence-corrected chi connectivity index (χ3v) is 6.25. The molecule has 6 heteroatoms. The summed E-state index contributed by atoms with van der Waals surface area (Å²) in [6.45, 7) is 4.82. The van der Waals surface area contributed by atoms with Gasteiger partial charge in [0.05, 0.1) is 4.88 Å². The van der Waals surface area contributed by atoms with Crippen molar-refractivity contribution >= 4 is 28.8 Å². The first-order valence-corrected chi connectivity index (χ1v) is 9.90. The number of nitrogens with zero attached hydrogens (tertiary/aromatic N) is 1.